The van der Waals surface area contributed by atoms with Gasteiger partial charge in [-0.15, -0.1) is 11.3 Å². The van der Waals surface area contributed by atoms with Crippen LogP contribution in [0.3, 0.4) is 0 Å². The molecule has 0 saturated carbocycles. The van der Waals surface area contributed by atoms with Gasteiger partial charge in [0.15, 0.2) is 0 Å². The molecule has 134 valence electrons. The van der Waals surface area contributed by atoms with Gasteiger partial charge in [-0.25, -0.2) is 4.98 Å². The van der Waals surface area contributed by atoms with Crippen LogP contribution in [0, 0.1) is 0 Å². The summed E-state index contributed by atoms with van der Waals surface area (Å²) in [7, 11) is 0. The number of amides is 1. The van der Waals surface area contributed by atoms with Gasteiger partial charge in [-0.3, -0.25) is 14.2 Å². The molecule has 0 bridgehead atoms. The average Bonchev–Trinajstić information content (AvgIpc) is 3.01. The quantitative estimate of drug-likeness (QED) is 0.868. The third kappa shape index (κ3) is 3.48. The second-order valence-corrected chi connectivity index (χ2v) is 8.06. The highest BCUT2D eigenvalue weighted by atomic mass is 32.1. The first kappa shape index (κ1) is 16.7. The van der Waals surface area contributed by atoms with E-state index in [9.17, 15) is 9.59 Å². The van der Waals surface area contributed by atoms with E-state index in [0.29, 0.717) is 13.0 Å². The Balaban J connectivity index is 1.47. The molecule has 2 aliphatic rings. The maximum atomic E-state index is 12.9. The van der Waals surface area contributed by atoms with Gasteiger partial charge >= 0.3 is 0 Å². The van der Waals surface area contributed by atoms with Crippen LogP contribution in [0.15, 0.2) is 11.1 Å². The minimum Gasteiger partial charge on any atom is -0.353 e. The Morgan fingerprint density at radius 1 is 1.32 bits per heavy atom. The van der Waals surface area contributed by atoms with Crippen LogP contribution in [0.25, 0.3) is 10.2 Å². The minimum absolute atomic E-state index is 0.0130. The summed E-state index contributed by atoms with van der Waals surface area (Å²) in [5, 5.41) is 7.16. The van der Waals surface area contributed by atoms with E-state index in [-0.39, 0.29) is 17.5 Å². The maximum absolute atomic E-state index is 12.9. The van der Waals surface area contributed by atoms with E-state index in [0.717, 1.165) is 55.4 Å². The summed E-state index contributed by atoms with van der Waals surface area (Å²) in [5.74, 6) is 0.0197. The number of nitrogens with one attached hydrogen (secondary N) is 2. The number of rotatable bonds is 4. The van der Waals surface area contributed by atoms with E-state index < -0.39 is 0 Å². The Labute approximate surface area is 150 Å². The SMILES string of the molecule is O=C(CCn1cnc2sc3c(c2c1=O)CCCC3)NC1CCNCC1. The Kier molecular flexibility index (Phi) is 4.85. The second kappa shape index (κ2) is 7.25. The zero-order valence-electron chi connectivity index (χ0n) is 14.3. The van der Waals surface area contributed by atoms with Crippen LogP contribution in [0.4, 0.5) is 0 Å². The van der Waals surface area contributed by atoms with Gasteiger partial charge in [0.25, 0.3) is 5.56 Å². The molecule has 0 spiro atoms. The molecule has 7 heteroatoms. The number of carbonyl (C=O) groups excluding carboxylic acids is 1. The summed E-state index contributed by atoms with van der Waals surface area (Å²) in [4.78, 5) is 31.7. The lowest BCUT2D eigenvalue weighted by atomic mass is 9.97. The summed E-state index contributed by atoms with van der Waals surface area (Å²) in [6, 6.07) is 0.259. The number of piperidine rings is 1. The zero-order chi connectivity index (χ0) is 17.2. The standard InChI is InChI=1S/C18H24N4O2S/c23-15(21-12-5-8-19-9-6-12)7-10-22-11-20-17-16(18(22)24)13-3-1-2-4-14(13)25-17/h11-12,19H,1-10H2,(H,21,23). The number of aromatic nitrogens is 2. The first-order valence-electron chi connectivity index (χ1n) is 9.22. The molecule has 1 amide bonds. The normalized spacial score (nSPS) is 18.2. The Bertz CT molecular complexity index is 835. The Hall–Kier alpha value is -1.73. The van der Waals surface area contributed by atoms with Crippen molar-refractivity contribution in [1.82, 2.24) is 20.2 Å². The number of carbonyl (C=O) groups is 1. The number of nitrogens with zero attached hydrogens (tertiary/aromatic N) is 2. The van der Waals surface area contributed by atoms with Gasteiger partial charge in [0.2, 0.25) is 5.91 Å². The summed E-state index contributed by atoms with van der Waals surface area (Å²) in [6.07, 6.45) is 8.26. The summed E-state index contributed by atoms with van der Waals surface area (Å²) in [6.45, 7) is 2.30. The second-order valence-electron chi connectivity index (χ2n) is 6.98. The van der Waals surface area contributed by atoms with E-state index in [1.807, 2.05) is 0 Å². The van der Waals surface area contributed by atoms with Crippen molar-refractivity contribution in [2.75, 3.05) is 13.1 Å². The highest BCUT2D eigenvalue weighted by molar-refractivity contribution is 7.18. The van der Waals surface area contributed by atoms with Crippen LogP contribution in [0.5, 0.6) is 0 Å². The molecular weight excluding hydrogens is 336 g/mol. The van der Waals surface area contributed by atoms with Crippen LogP contribution in [0.2, 0.25) is 0 Å². The first-order chi connectivity index (χ1) is 12.2. The fourth-order valence-electron chi connectivity index (χ4n) is 3.83. The van der Waals surface area contributed by atoms with E-state index in [4.69, 9.17) is 0 Å². The van der Waals surface area contributed by atoms with Crippen molar-refractivity contribution in [1.29, 1.82) is 0 Å². The van der Waals surface area contributed by atoms with Crippen molar-refractivity contribution in [2.24, 2.45) is 0 Å². The molecule has 1 aliphatic carbocycles. The molecule has 1 saturated heterocycles. The van der Waals surface area contributed by atoms with Crippen LogP contribution in [-0.2, 0) is 24.2 Å². The molecule has 25 heavy (non-hydrogen) atoms. The van der Waals surface area contributed by atoms with Crippen LogP contribution >= 0.6 is 11.3 Å². The van der Waals surface area contributed by atoms with Crippen molar-refractivity contribution < 1.29 is 4.79 Å². The van der Waals surface area contributed by atoms with E-state index in [1.165, 1.54) is 16.9 Å². The topological polar surface area (TPSA) is 76.0 Å². The molecule has 1 fully saturated rings. The molecule has 6 nitrogen and oxygen atoms in total. The van der Waals surface area contributed by atoms with E-state index in [1.54, 1.807) is 22.2 Å². The zero-order valence-corrected chi connectivity index (χ0v) is 15.2. The predicted octanol–water partition coefficient (Wildman–Crippen LogP) is 1.60. The van der Waals surface area contributed by atoms with Gasteiger partial charge in [0, 0.05) is 23.9 Å². The highest BCUT2D eigenvalue weighted by Gasteiger charge is 2.20. The maximum Gasteiger partial charge on any atom is 0.262 e. The van der Waals surface area contributed by atoms with Gasteiger partial charge in [0.05, 0.1) is 11.7 Å². The molecule has 1 aliphatic heterocycles. The van der Waals surface area contributed by atoms with Crippen molar-refractivity contribution in [2.45, 2.75) is 57.5 Å². The molecule has 0 unspecified atom stereocenters. The number of hydrogen-bond acceptors (Lipinski definition) is 5. The lowest BCUT2D eigenvalue weighted by Crippen LogP contribution is -2.43. The molecular formula is C18H24N4O2S. The van der Waals surface area contributed by atoms with Crippen LogP contribution in [0.1, 0.15) is 42.5 Å². The number of aryl methyl sites for hydroxylation is 3. The number of thiophene rings is 1. The molecule has 0 atom stereocenters. The fourth-order valence-corrected chi connectivity index (χ4v) is 5.05. The monoisotopic (exact) mass is 360 g/mol. The Morgan fingerprint density at radius 3 is 2.96 bits per heavy atom. The van der Waals surface area contributed by atoms with Crippen molar-refractivity contribution >= 4 is 27.5 Å². The predicted molar refractivity (Wildman–Crippen MR) is 99.2 cm³/mol. The smallest absolute Gasteiger partial charge is 0.262 e. The van der Waals surface area contributed by atoms with Gasteiger partial charge in [0.1, 0.15) is 4.83 Å². The minimum atomic E-state index is 0.0130. The van der Waals surface area contributed by atoms with Crippen molar-refractivity contribution in [3.63, 3.8) is 0 Å². The molecule has 0 aromatic carbocycles. The van der Waals surface area contributed by atoms with Gasteiger partial charge in [-0.05, 0) is 57.2 Å². The largest absolute Gasteiger partial charge is 0.353 e. The highest BCUT2D eigenvalue weighted by Crippen LogP contribution is 2.33. The van der Waals surface area contributed by atoms with Crippen molar-refractivity contribution in [3.8, 4) is 0 Å². The first-order valence-corrected chi connectivity index (χ1v) is 10.0. The van der Waals surface area contributed by atoms with Gasteiger partial charge in [-0.1, -0.05) is 0 Å². The Morgan fingerprint density at radius 2 is 2.12 bits per heavy atom. The number of fused-ring (bicyclic) bond motifs is 3. The summed E-state index contributed by atoms with van der Waals surface area (Å²) in [5.41, 5.74) is 1.22. The molecule has 3 heterocycles. The van der Waals surface area contributed by atoms with E-state index in [2.05, 4.69) is 15.6 Å². The van der Waals surface area contributed by atoms with Gasteiger partial charge in [-0.2, -0.15) is 0 Å². The number of hydrogen-bond donors (Lipinski definition) is 2. The van der Waals surface area contributed by atoms with Crippen LogP contribution < -0.4 is 16.2 Å². The van der Waals surface area contributed by atoms with E-state index >= 15 is 0 Å². The molecule has 2 aromatic rings. The molecule has 2 N–H and O–H groups in total. The average molecular weight is 360 g/mol. The molecule has 0 radical (unpaired) electrons. The third-order valence-corrected chi connectivity index (χ3v) is 6.43. The van der Waals surface area contributed by atoms with Gasteiger partial charge < -0.3 is 10.6 Å². The fraction of sp³-hybridized carbons (Fsp3) is 0.611. The summed E-state index contributed by atoms with van der Waals surface area (Å²) < 4.78 is 1.60. The molecule has 2 aromatic heterocycles. The summed E-state index contributed by atoms with van der Waals surface area (Å²) >= 11 is 1.66. The van der Waals surface area contributed by atoms with Crippen molar-refractivity contribution in [3.05, 3.63) is 27.1 Å². The molecule has 4 rings (SSSR count). The third-order valence-electron chi connectivity index (χ3n) is 5.23. The van der Waals surface area contributed by atoms with Crippen LogP contribution in [-0.4, -0.2) is 34.6 Å². The lowest BCUT2D eigenvalue weighted by molar-refractivity contribution is -0.122. The lowest BCUT2D eigenvalue weighted by Gasteiger charge is -2.23.